The van der Waals surface area contributed by atoms with E-state index in [9.17, 15) is 9.59 Å². The maximum atomic E-state index is 12.6. The normalized spacial score (nSPS) is 19.5. The summed E-state index contributed by atoms with van der Waals surface area (Å²) in [7, 11) is 1.62. The molecule has 0 atom stereocenters. The molecule has 24 heavy (non-hydrogen) atoms. The Morgan fingerprint density at radius 3 is 2.50 bits per heavy atom. The predicted molar refractivity (Wildman–Crippen MR) is 91.9 cm³/mol. The zero-order valence-electron chi connectivity index (χ0n) is 14.2. The Bertz CT molecular complexity index is 575. The van der Waals surface area contributed by atoms with E-state index in [2.05, 4.69) is 4.98 Å². The molecule has 1 aromatic heterocycles. The van der Waals surface area contributed by atoms with Crippen molar-refractivity contribution in [3.8, 4) is 0 Å². The van der Waals surface area contributed by atoms with Gasteiger partial charge in [-0.2, -0.15) is 0 Å². The maximum absolute atomic E-state index is 12.6. The quantitative estimate of drug-likeness (QED) is 0.834. The van der Waals surface area contributed by atoms with Crippen LogP contribution < -0.4 is 0 Å². The number of rotatable bonds is 4. The number of carbonyl (C=O) groups is 2. The van der Waals surface area contributed by atoms with Crippen LogP contribution in [0.25, 0.3) is 0 Å². The van der Waals surface area contributed by atoms with Gasteiger partial charge in [-0.25, -0.2) is 4.98 Å². The monoisotopic (exact) mass is 351 g/mol. The van der Waals surface area contributed by atoms with Gasteiger partial charge in [-0.1, -0.05) is 19.3 Å². The number of aromatic nitrogens is 1. The molecule has 0 aromatic carbocycles. The summed E-state index contributed by atoms with van der Waals surface area (Å²) in [5.74, 6) is 0.451. The van der Waals surface area contributed by atoms with Gasteiger partial charge in [0.15, 0.2) is 0 Å². The number of amides is 2. The van der Waals surface area contributed by atoms with Crippen molar-refractivity contribution in [1.82, 2.24) is 14.8 Å². The summed E-state index contributed by atoms with van der Waals surface area (Å²) in [6.07, 6.45) is 5.65. The average Bonchev–Trinajstić information content (AvgIpc) is 3.10. The summed E-state index contributed by atoms with van der Waals surface area (Å²) >= 11 is 1.44. The van der Waals surface area contributed by atoms with Crippen LogP contribution in [-0.2, 0) is 16.1 Å². The topological polar surface area (TPSA) is 62.7 Å². The maximum Gasteiger partial charge on any atom is 0.273 e. The molecular weight excluding hydrogens is 326 g/mol. The lowest BCUT2D eigenvalue weighted by Crippen LogP contribution is -2.52. The predicted octanol–water partition coefficient (Wildman–Crippen LogP) is 2.15. The van der Waals surface area contributed by atoms with Gasteiger partial charge in [0.05, 0.1) is 6.61 Å². The lowest BCUT2D eigenvalue weighted by atomic mass is 9.88. The minimum atomic E-state index is -0.0432. The summed E-state index contributed by atoms with van der Waals surface area (Å²) in [4.78, 5) is 33.2. The van der Waals surface area contributed by atoms with Crippen molar-refractivity contribution in [2.45, 2.75) is 38.7 Å². The molecule has 2 amide bonds. The number of ether oxygens (including phenoxy) is 1. The second kappa shape index (κ2) is 8.07. The van der Waals surface area contributed by atoms with Crippen molar-refractivity contribution >= 4 is 23.2 Å². The molecular formula is C17H25N3O3S. The highest BCUT2D eigenvalue weighted by Gasteiger charge is 2.30. The van der Waals surface area contributed by atoms with Crippen LogP contribution in [0.15, 0.2) is 5.38 Å². The number of hydrogen-bond acceptors (Lipinski definition) is 5. The van der Waals surface area contributed by atoms with Gasteiger partial charge in [-0.15, -0.1) is 11.3 Å². The molecule has 1 saturated carbocycles. The molecule has 0 radical (unpaired) electrons. The van der Waals surface area contributed by atoms with E-state index in [-0.39, 0.29) is 17.7 Å². The van der Waals surface area contributed by atoms with Crippen LogP contribution in [0.5, 0.6) is 0 Å². The summed E-state index contributed by atoms with van der Waals surface area (Å²) < 4.78 is 5.04. The fourth-order valence-corrected chi connectivity index (χ4v) is 4.24. The van der Waals surface area contributed by atoms with Crippen molar-refractivity contribution in [2.75, 3.05) is 33.3 Å². The summed E-state index contributed by atoms with van der Waals surface area (Å²) in [5.41, 5.74) is 0.485. The van der Waals surface area contributed by atoms with Gasteiger partial charge in [-0.3, -0.25) is 9.59 Å². The van der Waals surface area contributed by atoms with E-state index in [1.54, 1.807) is 17.4 Å². The van der Waals surface area contributed by atoms with Crippen LogP contribution in [0.4, 0.5) is 0 Å². The fraction of sp³-hybridized carbons (Fsp3) is 0.706. The molecule has 7 heteroatoms. The zero-order chi connectivity index (χ0) is 16.9. The van der Waals surface area contributed by atoms with E-state index in [0.717, 1.165) is 17.8 Å². The lowest BCUT2D eigenvalue weighted by Gasteiger charge is -2.36. The molecule has 3 rings (SSSR count). The van der Waals surface area contributed by atoms with Gasteiger partial charge in [0, 0.05) is 44.6 Å². The van der Waals surface area contributed by atoms with Crippen LogP contribution >= 0.6 is 11.3 Å². The number of hydrogen-bond donors (Lipinski definition) is 0. The van der Waals surface area contributed by atoms with Crippen molar-refractivity contribution in [3.05, 3.63) is 16.1 Å². The van der Waals surface area contributed by atoms with Gasteiger partial charge in [0.1, 0.15) is 10.7 Å². The van der Waals surface area contributed by atoms with Gasteiger partial charge in [-0.05, 0) is 12.8 Å². The Morgan fingerprint density at radius 2 is 1.83 bits per heavy atom. The van der Waals surface area contributed by atoms with E-state index >= 15 is 0 Å². The van der Waals surface area contributed by atoms with E-state index in [1.165, 1.54) is 30.6 Å². The molecule has 1 aliphatic heterocycles. The second-order valence-electron chi connectivity index (χ2n) is 6.51. The Morgan fingerprint density at radius 1 is 1.17 bits per heavy atom. The van der Waals surface area contributed by atoms with Crippen molar-refractivity contribution in [1.29, 1.82) is 0 Å². The highest BCUT2D eigenvalue weighted by molar-refractivity contribution is 7.09. The first kappa shape index (κ1) is 17.4. The fourth-order valence-electron chi connectivity index (χ4n) is 3.50. The number of thiazole rings is 1. The molecule has 1 aliphatic carbocycles. The molecule has 1 aromatic rings. The molecule has 2 heterocycles. The van der Waals surface area contributed by atoms with Gasteiger partial charge < -0.3 is 14.5 Å². The van der Waals surface area contributed by atoms with E-state index < -0.39 is 0 Å². The van der Waals surface area contributed by atoms with Crippen LogP contribution in [0, 0.1) is 5.92 Å². The first-order chi connectivity index (χ1) is 11.7. The standard InChI is InChI=1S/C17H25N3O3S/c1-23-11-15-18-14(12-24-15)17(22)20-9-7-19(8-10-20)16(21)13-5-3-2-4-6-13/h12-13H,2-11H2,1H3. The van der Waals surface area contributed by atoms with Crippen LogP contribution in [0.2, 0.25) is 0 Å². The Hall–Kier alpha value is -1.47. The molecule has 1 saturated heterocycles. The Balaban J connectivity index is 1.52. The first-order valence-corrected chi connectivity index (χ1v) is 9.58. The van der Waals surface area contributed by atoms with Gasteiger partial charge in [0.25, 0.3) is 5.91 Å². The Labute approximate surface area is 146 Å². The zero-order valence-corrected chi connectivity index (χ0v) is 15.0. The minimum absolute atomic E-state index is 0.0432. The number of piperazine rings is 1. The van der Waals surface area contributed by atoms with E-state index in [1.807, 2.05) is 4.90 Å². The number of methoxy groups -OCH3 is 1. The molecule has 2 fully saturated rings. The van der Waals surface area contributed by atoms with E-state index in [0.29, 0.717) is 38.5 Å². The third-order valence-electron chi connectivity index (χ3n) is 4.87. The van der Waals surface area contributed by atoms with Crippen molar-refractivity contribution < 1.29 is 14.3 Å². The van der Waals surface area contributed by atoms with Gasteiger partial charge >= 0.3 is 0 Å². The lowest BCUT2D eigenvalue weighted by molar-refractivity contribution is -0.138. The molecule has 2 aliphatic rings. The van der Waals surface area contributed by atoms with Crippen LogP contribution in [0.1, 0.15) is 47.6 Å². The smallest absolute Gasteiger partial charge is 0.273 e. The molecule has 0 bridgehead atoms. The average molecular weight is 351 g/mol. The van der Waals surface area contributed by atoms with Crippen LogP contribution in [-0.4, -0.2) is 59.9 Å². The summed E-state index contributed by atoms with van der Waals surface area (Å²) in [5, 5.41) is 2.60. The van der Waals surface area contributed by atoms with E-state index in [4.69, 9.17) is 4.74 Å². The highest BCUT2D eigenvalue weighted by Crippen LogP contribution is 2.26. The molecule has 6 nitrogen and oxygen atoms in total. The van der Waals surface area contributed by atoms with Crippen LogP contribution in [0.3, 0.4) is 0 Å². The third kappa shape index (κ3) is 3.95. The highest BCUT2D eigenvalue weighted by atomic mass is 32.1. The van der Waals surface area contributed by atoms with Crippen molar-refractivity contribution in [3.63, 3.8) is 0 Å². The SMILES string of the molecule is COCc1nc(C(=O)N2CCN(C(=O)C3CCCCC3)CC2)cs1. The molecule has 0 spiro atoms. The summed E-state index contributed by atoms with van der Waals surface area (Å²) in [6.45, 7) is 2.89. The molecule has 0 N–H and O–H groups in total. The first-order valence-electron chi connectivity index (χ1n) is 8.70. The number of carbonyl (C=O) groups excluding carboxylic acids is 2. The number of nitrogens with zero attached hydrogens (tertiary/aromatic N) is 3. The Kier molecular flexibility index (Phi) is 5.84. The minimum Gasteiger partial charge on any atom is -0.378 e. The second-order valence-corrected chi connectivity index (χ2v) is 7.45. The van der Waals surface area contributed by atoms with Crippen molar-refractivity contribution in [2.24, 2.45) is 5.92 Å². The summed E-state index contributed by atoms with van der Waals surface area (Å²) in [6, 6.07) is 0. The largest absolute Gasteiger partial charge is 0.378 e. The molecule has 132 valence electrons. The van der Waals surface area contributed by atoms with Gasteiger partial charge in [0.2, 0.25) is 5.91 Å². The third-order valence-corrected chi connectivity index (χ3v) is 5.69. The molecule has 0 unspecified atom stereocenters.